The molecule has 5 heteroatoms. The molecule has 1 aromatic carbocycles. The average molecular weight is 301 g/mol. The number of carbonyl (C=O) groups is 1. The van der Waals surface area contributed by atoms with Crippen molar-refractivity contribution in [2.45, 2.75) is 32.3 Å². The molecule has 0 spiro atoms. The number of carboxylic acid groups (broad SMARTS) is 1. The second-order valence-electron chi connectivity index (χ2n) is 4.19. The van der Waals surface area contributed by atoms with E-state index in [2.05, 4.69) is 15.9 Å². The smallest absolute Gasteiger partial charge is 0.308 e. The Morgan fingerprint density at radius 1 is 1.41 bits per heavy atom. The van der Waals surface area contributed by atoms with Crippen molar-refractivity contribution in [3.8, 4) is 0 Å². The summed E-state index contributed by atoms with van der Waals surface area (Å²) in [6.07, 6.45) is -0.165. The van der Waals surface area contributed by atoms with Gasteiger partial charge >= 0.3 is 5.97 Å². The van der Waals surface area contributed by atoms with E-state index < -0.39 is 11.8 Å². The molecule has 17 heavy (non-hydrogen) atoms. The van der Waals surface area contributed by atoms with Gasteiger partial charge in [-0.05, 0) is 30.2 Å². The Bertz CT molecular complexity index is 446. The van der Waals surface area contributed by atoms with Gasteiger partial charge in [0, 0.05) is 4.47 Å². The van der Waals surface area contributed by atoms with Crippen LogP contribution in [0.5, 0.6) is 0 Å². The molecule has 4 nitrogen and oxygen atoms in total. The second kappa shape index (κ2) is 4.76. The molecule has 1 aliphatic heterocycles. The van der Waals surface area contributed by atoms with Crippen molar-refractivity contribution < 1.29 is 19.4 Å². The summed E-state index contributed by atoms with van der Waals surface area (Å²) in [6, 6.07) is 5.85. The van der Waals surface area contributed by atoms with Crippen LogP contribution in [0, 0.1) is 0 Å². The van der Waals surface area contributed by atoms with Gasteiger partial charge < -0.3 is 14.6 Å². The van der Waals surface area contributed by atoms with Gasteiger partial charge in [0.1, 0.15) is 0 Å². The Kier molecular flexibility index (Phi) is 3.51. The molecule has 2 rings (SSSR count). The Balaban J connectivity index is 2.18. The zero-order valence-corrected chi connectivity index (χ0v) is 11.0. The van der Waals surface area contributed by atoms with Gasteiger partial charge in [-0.1, -0.05) is 22.0 Å². The number of aliphatic carboxylic acids is 1. The first-order valence-electron chi connectivity index (χ1n) is 5.25. The standard InChI is InChI=1S/C12H13BrO4/c1-12(5-11(14)15)16-6-8-2-3-10(13)4-9(8)7-17-12/h2-4H,5-7H2,1H3,(H,14,15). The van der Waals surface area contributed by atoms with Gasteiger partial charge in [-0.15, -0.1) is 0 Å². The monoisotopic (exact) mass is 300 g/mol. The predicted molar refractivity (Wildman–Crippen MR) is 64.4 cm³/mol. The van der Waals surface area contributed by atoms with E-state index in [1.165, 1.54) is 0 Å². The summed E-state index contributed by atoms with van der Waals surface area (Å²) in [6.45, 7) is 2.38. The average Bonchev–Trinajstić information content (AvgIpc) is 2.38. The lowest BCUT2D eigenvalue weighted by Crippen LogP contribution is -2.33. The first-order valence-corrected chi connectivity index (χ1v) is 6.05. The minimum Gasteiger partial charge on any atom is -0.481 e. The van der Waals surface area contributed by atoms with Crippen LogP contribution in [0.25, 0.3) is 0 Å². The van der Waals surface area contributed by atoms with Crippen LogP contribution < -0.4 is 0 Å². The lowest BCUT2D eigenvalue weighted by molar-refractivity contribution is -0.237. The number of fused-ring (bicyclic) bond motifs is 1. The molecule has 1 atom stereocenters. The lowest BCUT2D eigenvalue weighted by atomic mass is 10.1. The first-order chi connectivity index (χ1) is 7.98. The Morgan fingerprint density at radius 2 is 2.06 bits per heavy atom. The fourth-order valence-electron chi connectivity index (χ4n) is 1.75. The van der Waals surface area contributed by atoms with Crippen LogP contribution in [0.3, 0.4) is 0 Å². The Morgan fingerprint density at radius 3 is 2.71 bits per heavy atom. The van der Waals surface area contributed by atoms with Gasteiger partial charge in [-0.3, -0.25) is 4.79 Å². The summed E-state index contributed by atoms with van der Waals surface area (Å²) < 4.78 is 12.1. The van der Waals surface area contributed by atoms with Crippen LogP contribution >= 0.6 is 15.9 Å². The SMILES string of the molecule is CC1(CC(=O)O)OCc2ccc(Br)cc2CO1. The molecule has 0 bridgehead atoms. The molecule has 0 amide bonds. The Hall–Kier alpha value is -0.910. The van der Waals surface area contributed by atoms with Crippen molar-refractivity contribution in [2.75, 3.05) is 0 Å². The summed E-state index contributed by atoms with van der Waals surface area (Å²) in [5.41, 5.74) is 2.05. The number of carboxylic acids is 1. The molecule has 1 unspecified atom stereocenters. The van der Waals surface area contributed by atoms with E-state index in [4.69, 9.17) is 14.6 Å². The molecule has 0 aliphatic carbocycles. The maximum atomic E-state index is 10.7. The van der Waals surface area contributed by atoms with Crippen LogP contribution in [0.2, 0.25) is 0 Å². The van der Waals surface area contributed by atoms with Crippen molar-refractivity contribution in [3.63, 3.8) is 0 Å². The van der Waals surface area contributed by atoms with E-state index in [9.17, 15) is 4.79 Å². The normalized spacial score (nSPS) is 23.9. The van der Waals surface area contributed by atoms with E-state index >= 15 is 0 Å². The minimum atomic E-state index is -1.06. The number of ether oxygens (including phenoxy) is 2. The number of hydrogen-bond donors (Lipinski definition) is 1. The molecule has 1 N–H and O–H groups in total. The molecule has 0 saturated carbocycles. The summed E-state index contributed by atoms with van der Waals surface area (Å²) in [4.78, 5) is 10.7. The number of benzene rings is 1. The molecule has 0 fully saturated rings. The Labute approximate surface area is 108 Å². The van der Waals surface area contributed by atoms with Crippen molar-refractivity contribution in [1.82, 2.24) is 0 Å². The van der Waals surface area contributed by atoms with Crippen molar-refractivity contribution in [1.29, 1.82) is 0 Å². The quantitative estimate of drug-likeness (QED) is 0.912. The molecular weight excluding hydrogens is 288 g/mol. The molecule has 0 saturated heterocycles. The predicted octanol–water partition coefficient (Wildman–Crippen LogP) is 2.69. The van der Waals surface area contributed by atoms with Crippen LogP contribution in [0.4, 0.5) is 0 Å². The fraction of sp³-hybridized carbons (Fsp3) is 0.417. The molecule has 1 heterocycles. The molecule has 0 radical (unpaired) electrons. The maximum absolute atomic E-state index is 10.7. The summed E-state index contributed by atoms with van der Waals surface area (Å²) in [5, 5.41) is 8.82. The van der Waals surface area contributed by atoms with E-state index in [1.54, 1.807) is 6.92 Å². The molecule has 92 valence electrons. The van der Waals surface area contributed by atoms with Crippen LogP contribution in [-0.2, 0) is 27.5 Å². The van der Waals surface area contributed by atoms with Gasteiger partial charge in [0.05, 0.1) is 19.6 Å². The van der Waals surface area contributed by atoms with Gasteiger partial charge in [-0.2, -0.15) is 0 Å². The third kappa shape index (κ3) is 3.06. The van der Waals surface area contributed by atoms with E-state index in [0.29, 0.717) is 13.2 Å². The highest BCUT2D eigenvalue weighted by molar-refractivity contribution is 9.10. The van der Waals surface area contributed by atoms with E-state index in [0.717, 1.165) is 15.6 Å². The van der Waals surface area contributed by atoms with Crippen LogP contribution in [0.1, 0.15) is 24.5 Å². The molecule has 1 aliphatic rings. The third-order valence-electron chi connectivity index (χ3n) is 2.71. The summed E-state index contributed by atoms with van der Waals surface area (Å²) in [5.74, 6) is -1.99. The van der Waals surface area contributed by atoms with E-state index in [-0.39, 0.29) is 6.42 Å². The van der Waals surface area contributed by atoms with Crippen LogP contribution in [-0.4, -0.2) is 16.9 Å². The maximum Gasteiger partial charge on any atom is 0.308 e. The van der Waals surface area contributed by atoms with Gasteiger partial charge in [0.2, 0.25) is 0 Å². The largest absolute Gasteiger partial charge is 0.481 e. The molecular formula is C12H13BrO4. The zero-order valence-electron chi connectivity index (χ0n) is 9.40. The van der Waals surface area contributed by atoms with Crippen molar-refractivity contribution >= 4 is 21.9 Å². The molecule has 1 aromatic rings. The number of hydrogen-bond acceptors (Lipinski definition) is 3. The van der Waals surface area contributed by atoms with Gasteiger partial charge in [0.25, 0.3) is 0 Å². The highest BCUT2D eigenvalue weighted by Crippen LogP contribution is 2.28. The highest BCUT2D eigenvalue weighted by atomic mass is 79.9. The topological polar surface area (TPSA) is 55.8 Å². The van der Waals surface area contributed by atoms with Crippen molar-refractivity contribution in [3.05, 3.63) is 33.8 Å². The highest BCUT2D eigenvalue weighted by Gasteiger charge is 2.32. The first kappa shape index (κ1) is 12.5. The summed E-state index contributed by atoms with van der Waals surface area (Å²) >= 11 is 3.39. The number of halogens is 1. The van der Waals surface area contributed by atoms with Crippen LogP contribution in [0.15, 0.2) is 22.7 Å². The van der Waals surface area contributed by atoms with E-state index in [1.807, 2.05) is 18.2 Å². The lowest BCUT2D eigenvalue weighted by Gasteiger charge is -2.25. The third-order valence-corrected chi connectivity index (χ3v) is 3.20. The zero-order chi connectivity index (χ0) is 12.5. The van der Waals surface area contributed by atoms with Gasteiger partial charge in [-0.25, -0.2) is 0 Å². The van der Waals surface area contributed by atoms with Crippen molar-refractivity contribution in [2.24, 2.45) is 0 Å². The van der Waals surface area contributed by atoms with Gasteiger partial charge in [0.15, 0.2) is 5.79 Å². The fourth-order valence-corrected chi connectivity index (χ4v) is 2.16. The summed E-state index contributed by atoms with van der Waals surface area (Å²) in [7, 11) is 0. The minimum absolute atomic E-state index is 0.165. The molecule has 0 aromatic heterocycles. The number of rotatable bonds is 2. The second-order valence-corrected chi connectivity index (χ2v) is 5.11.